The van der Waals surface area contributed by atoms with Crippen molar-refractivity contribution < 1.29 is 24.8 Å². The zero-order chi connectivity index (χ0) is 0. The molecular formula is HCl3Sn. The zero-order valence-corrected chi connectivity index (χ0v) is 6.85. The quantitative estimate of drug-likeness (QED) is 0.361. The average Bonchev–Trinajstić information content (AvgIpc) is 0. The normalized spacial score (nSPS) is 0. The topological polar surface area (TPSA) is 0 Å². The first-order chi connectivity index (χ1) is 0. The van der Waals surface area contributed by atoms with Crippen molar-refractivity contribution in [2.75, 3.05) is 0 Å². The van der Waals surface area contributed by atoms with E-state index >= 15 is 0 Å². The summed E-state index contributed by atoms with van der Waals surface area (Å²) in [6.45, 7) is 0. The summed E-state index contributed by atoms with van der Waals surface area (Å²) in [6, 6.07) is 0. The Labute approximate surface area is 60.9 Å². The van der Waals surface area contributed by atoms with Gasteiger partial charge in [-0.1, -0.05) is 0 Å². The second-order valence-electron chi connectivity index (χ2n) is 0. The molecule has 0 aromatic heterocycles. The van der Waals surface area contributed by atoms with Crippen molar-refractivity contribution in [1.29, 1.82) is 0 Å². The summed E-state index contributed by atoms with van der Waals surface area (Å²) >= 11 is 0. The molecule has 26 valence electrons. The van der Waals surface area contributed by atoms with E-state index in [1.54, 1.807) is 0 Å². The van der Waals surface area contributed by atoms with Crippen LogP contribution in [0.2, 0.25) is 0 Å². The van der Waals surface area contributed by atoms with Gasteiger partial charge in [-0.2, -0.15) is 0 Å². The molecule has 4 heteroatoms. The molecule has 0 amide bonds. The van der Waals surface area contributed by atoms with Crippen LogP contribution >= 0.6 is 12.4 Å². The number of hydrogen-bond donors (Lipinski definition) is 0. The summed E-state index contributed by atoms with van der Waals surface area (Å²) in [4.78, 5) is 0. The van der Waals surface area contributed by atoms with E-state index in [0.717, 1.165) is 0 Å². The smallest absolute Gasteiger partial charge is 1.00 e. The molecule has 0 saturated heterocycles. The first-order valence-corrected chi connectivity index (χ1v) is 0. The third-order valence-corrected chi connectivity index (χ3v) is 0. The fourth-order valence-electron chi connectivity index (χ4n) is 0. The van der Waals surface area contributed by atoms with Gasteiger partial charge < -0.3 is 24.8 Å². The molecule has 0 rings (SSSR count). The van der Waals surface area contributed by atoms with Gasteiger partial charge in [-0.25, -0.2) is 0 Å². The largest absolute Gasteiger partial charge is 2.00 e. The van der Waals surface area contributed by atoms with Gasteiger partial charge in [0.1, 0.15) is 0 Å². The van der Waals surface area contributed by atoms with E-state index < -0.39 is 0 Å². The van der Waals surface area contributed by atoms with Crippen LogP contribution in [0, 0.1) is 0 Å². The average molecular weight is 226 g/mol. The van der Waals surface area contributed by atoms with Crippen LogP contribution in [-0.4, -0.2) is 23.9 Å². The van der Waals surface area contributed by atoms with Crippen LogP contribution in [0.3, 0.4) is 0 Å². The molecule has 0 unspecified atom stereocenters. The monoisotopic (exact) mass is 226 g/mol. The fourth-order valence-corrected chi connectivity index (χ4v) is 0. The zero-order valence-electron chi connectivity index (χ0n) is 1.66. The minimum atomic E-state index is 0. The molecule has 0 fully saturated rings. The van der Waals surface area contributed by atoms with Crippen molar-refractivity contribution in [2.45, 2.75) is 0 Å². The van der Waals surface area contributed by atoms with Crippen molar-refractivity contribution >= 4 is 36.3 Å². The summed E-state index contributed by atoms with van der Waals surface area (Å²) in [7, 11) is 0. The third-order valence-electron chi connectivity index (χ3n) is 0. The minimum Gasteiger partial charge on any atom is -1.00 e. The Balaban J connectivity index is 0. The Hall–Kier alpha value is 1.67. The number of hydrogen-bond acceptors (Lipinski definition) is 0. The van der Waals surface area contributed by atoms with Gasteiger partial charge in [-0.05, 0) is 0 Å². The Kier molecular flexibility index (Phi) is 250. The molecule has 0 nitrogen and oxygen atoms in total. The van der Waals surface area contributed by atoms with Gasteiger partial charge in [0.15, 0.2) is 0 Å². The maximum atomic E-state index is 0. The number of rotatable bonds is 0. The molecule has 0 aliphatic carbocycles. The van der Waals surface area contributed by atoms with E-state index in [9.17, 15) is 0 Å². The van der Waals surface area contributed by atoms with Crippen molar-refractivity contribution in [1.82, 2.24) is 0 Å². The Morgan fingerprint density at radius 3 is 0.750 bits per heavy atom. The Bertz CT molecular complexity index is 3.25. The first-order valence-electron chi connectivity index (χ1n) is 0. The summed E-state index contributed by atoms with van der Waals surface area (Å²) in [5, 5.41) is 0. The summed E-state index contributed by atoms with van der Waals surface area (Å²) in [5.41, 5.74) is 0. The van der Waals surface area contributed by atoms with Gasteiger partial charge in [-0.15, -0.1) is 12.4 Å². The fraction of sp³-hybridized carbons (Fsp3) is 0. The van der Waals surface area contributed by atoms with Crippen LogP contribution in [0.4, 0.5) is 0 Å². The molecule has 4 heavy (non-hydrogen) atoms. The summed E-state index contributed by atoms with van der Waals surface area (Å²) in [5.74, 6) is 0. The first kappa shape index (κ1) is 44.4. The van der Waals surface area contributed by atoms with Crippen LogP contribution in [0.25, 0.3) is 0 Å². The molecule has 0 aromatic rings. The van der Waals surface area contributed by atoms with E-state index in [-0.39, 0.29) is 61.1 Å². The molecule has 0 bridgehead atoms. The van der Waals surface area contributed by atoms with Gasteiger partial charge in [-0.3, -0.25) is 0 Å². The minimum absolute atomic E-state index is 0. The van der Waals surface area contributed by atoms with Crippen LogP contribution in [-0.2, 0) is 0 Å². The molecule has 0 spiro atoms. The van der Waals surface area contributed by atoms with Gasteiger partial charge in [0.25, 0.3) is 0 Å². The molecule has 0 heterocycles. The molecule has 0 atom stereocenters. The van der Waals surface area contributed by atoms with Gasteiger partial charge in [0, 0.05) is 0 Å². The Morgan fingerprint density at radius 2 is 0.750 bits per heavy atom. The molecule has 2 radical (unpaired) electrons. The molecule has 0 aliphatic heterocycles. The molecule has 0 saturated carbocycles. The van der Waals surface area contributed by atoms with Gasteiger partial charge in [0.2, 0.25) is 0 Å². The maximum Gasteiger partial charge on any atom is 2.00 e. The van der Waals surface area contributed by atoms with Gasteiger partial charge in [0.05, 0.1) is 0 Å². The van der Waals surface area contributed by atoms with Crippen LogP contribution in [0.15, 0.2) is 0 Å². The summed E-state index contributed by atoms with van der Waals surface area (Å²) < 4.78 is 0. The third kappa shape index (κ3) is 9.38. The van der Waals surface area contributed by atoms with E-state index in [1.807, 2.05) is 0 Å². The van der Waals surface area contributed by atoms with Crippen molar-refractivity contribution in [2.24, 2.45) is 0 Å². The van der Waals surface area contributed by atoms with E-state index in [1.165, 1.54) is 0 Å². The van der Waals surface area contributed by atoms with E-state index in [4.69, 9.17) is 0 Å². The molecule has 0 N–H and O–H groups in total. The predicted molar refractivity (Wildman–Crippen MR) is 13.0 cm³/mol. The van der Waals surface area contributed by atoms with Crippen molar-refractivity contribution in [3.05, 3.63) is 0 Å². The second kappa shape index (κ2) is 22.6. The van der Waals surface area contributed by atoms with Crippen molar-refractivity contribution in [3.8, 4) is 0 Å². The van der Waals surface area contributed by atoms with Crippen LogP contribution in [0.5, 0.6) is 0 Å². The number of halogens is 3. The molecule has 0 aromatic carbocycles. The molecule has 0 aliphatic rings. The molecular weight excluding hydrogens is 225 g/mol. The predicted octanol–water partition coefficient (Wildman–Crippen LogP) is -5.95. The van der Waals surface area contributed by atoms with E-state index in [0.29, 0.717) is 0 Å². The SMILES string of the molecule is Cl.[Cl-].[Cl-].[Sn+2]. The van der Waals surface area contributed by atoms with Crippen molar-refractivity contribution in [3.63, 3.8) is 0 Å². The van der Waals surface area contributed by atoms with Crippen LogP contribution in [0.1, 0.15) is 0 Å². The Morgan fingerprint density at radius 1 is 0.750 bits per heavy atom. The van der Waals surface area contributed by atoms with Gasteiger partial charge >= 0.3 is 23.9 Å². The standard InChI is InChI=1S/3ClH.Sn/h3*1H;/q;;;+2/p-2. The second-order valence-corrected chi connectivity index (χ2v) is 0. The summed E-state index contributed by atoms with van der Waals surface area (Å²) in [6.07, 6.45) is 0. The van der Waals surface area contributed by atoms with Crippen LogP contribution < -0.4 is 24.8 Å². The maximum absolute atomic E-state index is 0. The van der Waals surface area contributed by atoms with E-state index in [2.05, 4.69) is 0 Å².